The van der Waals surface area contributed by atoms with Crippen LogP contribution in [0.4, 0.5) is 0 Å². The minimum atomic E-state index is -2.12. The third kappa shape index (κ3) is 3.53. The fraction of sp³-hybridized carbons (Fsp3) is 0.625. The van der Waals surface area contributed by atoms with E-state index in [4.69, 9.17) is 4.74 Å². The summed E-state index contributed by atoms with van der Waals surface area (Å²) in [5.41, 5.74) is -2.13. The van der Waals surface area contributed by atoms with Crippen molar-refractivity contribution in [3.05, 3.63) is 35.3 Å². The van der Waals surface area contributed by atoms with E-state index < -0.39 is 35.7 Å². The van der Waals surface area contributed by atoms with Crippen molar-refractivity contribution >= 4 is 17.7 Å². The number of aliphatic hydroxyl groups is 1. The van der Waals surface area contributed by atoms with Gasteiger partial charge in [0, 0.05) is 18.3 Å². The number of hydrogen-bond acceptors (Lipinski definition) is 5. The first-order valence-corrected chi connectivity index (χ1v) is 11.1. The second-order valence-corrected chi connectivity index (χ2v) is 9.94. The van der Waals surface area contributed by atoms with E-state index >= 15 is 0 Å². The zero-order valence-electron chi connectivity index (χ0n) is 18.4. The number of hydrogen-bond donors (Lipinski definition) is 3. The van der Waals surface area contributed by atoms with Gasteiger partial charge in [0.1, 0.15) is 17.1 Å². The standard InChI is InChI=1S/C24H31NO6/c1-5-16-14-7-6-13-9-11(2)8-12(3)17(13)18(14)21(31-16)19-20(26)15(25-22(19)27)10-24(4,30)23(28)29/h5-7,11-15,17-18,30H,8-10H2,1-4H3,(H,25,27)(H,28,29)/b16-5-,21-19-/t11-,12+,13-,14+,15-,17-,18-,24-/m1/s1. The van der Waals surface area contributed by atoms with Gasteiger partial charge < -0.3 is 20.3 Å². The summed E-state index contributed by atoms with van der Waals surface area (Å²) in [5, 5.41) is 21.9. The van der Waals surface area contributed by atoms with Crippen molar-refractivity contribution in [3.8, 4) is 0 Å². The van der Waals surface area contributed by atoms with E-state index in [9.17, 15) is 24.6 Å². The van der Waals surface area contributed by atoms with Gasteiger partial charge in [-0.2, -0.15) is 0 Å². The first kappa shape index (κ1) is 21.8. The summed E-state index contributed by atoms with van der Waals surface area (Å²) in [7, 11) is 0. The first-order chi connectivity index (χ1) is 14.5. The highest BCUT2D eigenvalue weighted by Crippen LogP contribution is 2.56. The van der Waals surface area contributed by atoms with Crippen LogP contribution in [0.15, 0.2) is 35.3 Å². The molecule has 168 valence electrons. The van der Waals surface area contributed by atoms with E-state index in [1.807, 2.05) is 13.0 Å². The maximum absolute atomic E-state index is 13.2. The van der Waals surface area contributed by atoms with Crippen LogP contribution in [0.1, 0.15) is 47.0 Å². The fourth-order valence-electron chi connectivity index (χ4n) is 6.17. The van der Waals surface area contributed by atoms with Crippen LogP contribution < -0.4 is 5.32 Å². The summed E-state index contributed by atoms with van der Waals surface area (Å²) in [6, 6.07) is -1.09. The van der Waals surface area contributed by atoms with Gasteiger partial charge >= 0.3 is 5.97 Å². The SMILES string of the molecule is C/C=C1\O/C(=C2\C(=O)N[C@H](C[C@@](C)(O)C(=O)O)C2=O)[C@H]2[C@H]3[C@H](C=C[C@@H]12)C[C@H](C)C[C@@H]3C. The minimum absolute atomic E-state index is 0.00798. The first-order valence-electron chi connectivity index (χ1n) is 11.1. The van der Waals surface area contributed by atoms with Crippen LogP contribution in [0.3, 0.4) is 0 Å². The highest BCUT2D eigenvalue weighted by atomic mass is 16.5. The van der Waals surface area contributed by atoms with E-state index in [0.29, 0.717) is 23.5 Å². The van der Waals surface area contributed by atoms with Crippen molar-refractivity contribution in [1.29, 1.82) is 0 Å². The zero-order chi connectivity index (χ0) is 22.7. The Hall–Kier alpha value is -2.41. The molecule has 0 aromatic rings. The molecule has 4 rings (SSSR count). The molecule has 3 N–H and O–H groups in total. The molecule has 2 saturated heterocycles. The molecule has 2 aliphatic carbocycles. The molecule has 0 aromatic heterocycles. The van der Waals surface area contributed by atoms with Crippen LogP contribution in [0.2, 0.25) is 0 Å². The van der Waals surface area contributed by atoms with Crippen molar-refractivity contribution in [3.63, 3.8) is 0 Å². The Morgan fingerprint density at radius 2 is 2.00 bits per heavy atom. The molecule has 4 aliphatic rings. The van der Waals surface area contributed by atoms with Crippen LogP contribution >= 0.6 is 0 Å². The van der Waals surface area contributed by atoms with Crippen LogP contribution in [0.25, 0.3) is 0 Å². The topological polar surface area (TPSA) is 113 Å². The third-order valence-corrected chi connectivity index (χ3v) is 7.51. The van der Waals surface area contributed by atoms with Gasteiger partial charge in [0.15, 0.2) is 11.4 Å². The fourth-order valence-corrected chi connectivity index (χ4v) is 6.17. The molecule has 31 heavy (non-hydrogen) atoms. The molecule has 0 bridgehead atoms. The largest absolute Gasteiger partial charge is 0.479 e. The minimum Gasteiger partial charge on any atom is -0.479 e. The number of ether oxygens (including phenoxy) is 1. The van der Waals surface area contributed by atoms with E-state index in [1.165, 1.54) is 0 Å². The number of fused-ring (bicyclic) bond motifs is 3. The Bertz CT molecular complexity index is 913. The number of rotatable bonds is 3. The lowest BCUT2D eigenvalue weighted by Gasteiger charge is -2.44. The van der Waals surface area contributed by atoms with Gasteiger partial charge in [0.05, 0.1) is 6.04 Å². The van der Waals surface area contributed by atoms with Crippen molar-refractivity contribution in [2.75, 3.05) is 0 Å². The van der Waals surface area contributed by atoms with E-state index in [1.54, 1.807) is 0 Å². The molecule has 2 heterocycles. The molecule has 1 saturated carbocycles. The highest BCUT2D eigenvalue weighted by Gasteiger charge is 2.54. The van der Waals surface area contributed by atoms with Crippen LogP contribution in [-0.2, 0) is 19.1 Å². The molecule has 2 aliphatic heterocycles. The Morgan fingerprint density at radius 3 is 2.65 bits per heavy atom. The summed E-state index contributed by atoms with van der Waals surface area (Å²) >= 11 is 0. The van der Waals surface area contributed by atoms with Crippen molar-refractivity contribution in [2.45, 2.75) is 58.6 Å². The van der Waals surface area contributed by atoms with Gasteiger partial charge in [-0.15, -0.1) is 0 Å². The lowest BCUT2D eigenvalue weighted by atomic mass is 9.58. The van der Waals surface area contributed by atoms with Crippen molar-refractivity contribution in [1.82, 2.24) is 5.32 Å². The molecule has 7 nitrogen and oxygen atoms in total. The van der Waals surface area contributed by atoms with Gasteiger partial charge in [-0.1, -0.05) is 26.0 Å². The Morgan fingerprint density at radius 1 is 1.29 bits per heavy atom. The van der Waals surface area contributed by atoms with E-state index in [-0.39, 0.29) is 23.3 Å². The number of carboxylic acid groups (broad SMARTS) is 1. The number of aliphatic carboxylic acids is 1. The predicted molar refractivity (Wildman–Crippen MR) is 112 cm³/mol. The summed E-state index contributed by atoms with van der Waals surface area (Å²) < 4.78 is 6.16. The zero-order valence-corrected chi connectivity index (χ0v) is 18.4. The van der Waals surface area contributed by atoms with Crippen LogP contribution in [0, 0.1) is 35.5 Å². The molecule has 1 amide bonds. The Balaban J connectivity index is 1.74. The third-order valence-electron chi connectivity index (χ3n) is 7.51. The van der Waals surface area contributed by atoms with Gasteiger partial charge in [-0.25, -0.2) is 4.79 Å². The van der Waals surface area contributed by atoms with Crippen molar-refractivity contribution in [2.24, 2.45) is 35.5 Å². The van der Waals surface area contributed by atoms with E-state index in [2.05, 4.69) is 31.3 Å². The number of carbonyl (C=O) groups is 3. The number of Topliss-reactive ketones (excluding diaryl/α,β-unsaturated/α-hetero) is 1. The molecule has 0 aromatic carbocycles. The lowest BCUT2D eigenvalue weighted by Crippen LogP contribution is -2.43. The summed E-state index contributed by atoms with van der Waals surface area (Å²) in [6.45, 7) is 7.52. The van der Waals surface area contributed by atoms with Gasteiger partial charge in [-0.3, -0.25) is 9.59 Å². The maximum Gasteiger partial charge on any atom is 0.335 e. The number of allylic oxidation sites excluding steroid dienone is 4. The number of nitrogens with one attached hydrogen (secondary N) is 1. The number of ketones is 1. The molecule has 0 radical (unpaired) electrons. The molecule has 0 spiro atoms. The van der Waals surface area contributed by atoms with Crippen LogP contribution in [0.5, 0.6) is 0 Å². The van der Waals surface area contributed by atoms with Crippen LogP contribution in [-0.4, -0.2) is 39.5 Å². The molecular weight excluding hydrogens is 398 g/mol. The molecular formula is C24H31NO6. The highest BCUT2D eigenvalue weighted by molar-refractivity contribution is 6.27. The average molecular weight is 430 g/mol. The predicted octanol–water partition coefficient (Wildman–Crippen LogP) is 2.57. The Kier molecular flexibility index (Phi) is 5.36. The second kappa shape index (κ2) is 7.62. The molecule has 7 heteroatoms. The summed E-state index contributed by atoms with van der Waals surface area (Å²) in [6.07, 6.45) is 8.10. The second-order valence-electron chi connectivity index (χ2n) is 9.94. The van der Waals surface area contributed by atoms with Gasteiger partial charge in [0.2, 0.25) is 0 Å². The maximum atomic E-state index is 13.2. The van der Waals surface area contributed by atoms with E-state index in [0.717, 1.165) is 25.5 Å². The quantitative estimate of drug-likeness (QED) is 0.361. The monoisotopic (exact) mass is 429 g/mol. The van der Waals surface area contributed by atoms with Gasteiger partial charge in [-0.05, 0) is 56.4 Å². The molecule has 8 atom stereocenters. The van der Waals surface area contributed by atoms with Gasteiger partial charge in [0.25, 0.3) is 5.91 Å². The lowest BCUT2D eigenvalue weighted by molar-refractivity contribution is -0.158. The molecule has 0 unspecified atom stereocenters. The smallest absolute Gasteiger partial charge is 0.335 e. The number of carbonyl (C=O) groups excluding carboxylic acids is 2. The summed E-state index contributed by atoms with van der Waals surface area (Å²) in [5.74, 6) is 0.263. The normalized spacial score (nSPS) is 42.6. The molecule has 3 fully saturated rings. The summed E-state index contributed by atoms with van der Waals surface area (Å²) in [4.78, 5) is 37.4. The number of amides is 1. The average Bonchev–Trinajstić information content (AvgIpc) is 3.17. The number of carboxylic acids is 1. The van der Waals surface area contributed by atoms with Crippen molar-refractivity contribution < 1.29 is 29.3 Å². The Labute approximate surface area is 182 Å².